The number of nitrogens with zero attached hydrogens (tertiary/aromatic N) is 5. The zero-order valence-corrected chi connectivity index (χ0v) is 16.8. The van der Waals surface area contributed by atoms with Crippen LogP contribution in [0.25, 0.3) is 10.9 Å². The van der Waals surface area contributed by atoms with E-state index in [1.54, 1.807) is 23.7 Å². The molecule has 4 rings (SSSR count). The number of nitrogens with one attached hydrogen (secondary N) is 1. The fourth-order valence-electron chi connectivity index (χ4n) is 3.17. The first-order valence-corrected chi connectivity index (χ1v) is 9.46. The van der Waals surface area contributed by atoms with Crippen LogP contribution in [0.3, 0.4) is 0 Å². The number of benzene rings is 2. The molecule has 4 aromatic rings. The number of amides is 2. The molecule has 0 radical (unpaired) electrons. The van der Waals surface area contributed by atoms with Crippen molar-refractivity contribution in [3.05, 3.63) is 82.4 Å². The average Bonchev–Trinajstić information content (AvgIpc) is 3.12. The molecule has 2 amide bonds. The molecule has 32 heavy (non-hydrogen) atoms. The van der Waals surface area contributed by atoms with E-state index in [4.69, 9.17) is 11.0 Å². The van der Waals surface area contributed by atoms with E-state index in [1.807, 2.05) is 12.1 Å². The number of hydrogen-bond acceptors (Lipinski definition) is 6. The summed E-state index contributed by atoms with van der Waals surface area (Å²) in [6.07, 6.45) is 0. The van der Waals surface area contributed by atoms with Crippen molar-refractivity contribution in [2.75, 3.05) is 5.32 Å². The first kappa shape index (κ1) is 20.6. The SMILES string of the molecule is Cc1c(NC(=O)c2cc(C(N)=O)nc3cc(F)ccc23)nnn1Cc1ccc(C#N)cc1. The van der Waals surface area contributed by atoms with Crippen LogP contribution < -0.4 is 11.1 Å². The zero-order chi connectivity index (χ0) is 22.8. The van der Waals surface area contributed by atoms with Gasteiger partial charge in [0.25, 0.3) is 11.8 Å². The number of hydrogen-bond donors (Lipinski definition) is 2. The number of primary amides is 1. The van der Waals surface area contributed by atoms with Crippen molar-refractivity contribution < 1.29 is 14.0 Å². The number of pyridine rings is 1. The van der Waals surface area contributed by atoms with Crippen LogP contribution in [0, 0.1) is 24.1 Å². The van der Waals surface area contributed by atoms with Gasteiger partial charge < -0.3 is 11.1 Å². The lowest BCUT2D eigenvalue weighted by molar-refractivity contribution is 0.0996. The van der Waals surface area contributed by atoms with E-state index in [0.717, 1.165) is 11.6 Å². The molecular weight excluding hydrogens is 413 g/mol. The number of anilines is 1. The fraction of sp³-hybridized carbons (Fsp3) is 0.0909. The van der Waals surface area contributed by atoms with Gasteiger partial charge in [-0.15, -0.1) is 5.10 Å². The Morgan fingerprint density at radius 3 is 2.62 bits per heavy atom. The summed E-state index contributed by atoms with van der Waals surface area (Å²) in [6.45, 7) is 2.14. The number of halogens is 1. The monoisotopic (exact) mass is 429 g/mol. The third kappa shape index (κ3) is 3.99. The molecule has 0 aliphatic rings. The highest BCUT2D eigenvalue weighted by Crippen LogP contribution is 2.22. The van der Waals surface area contributed by atoms with E-state index in [2.05, 4.69) is 26.7 Å². The molecule has 2 heterocycles. The standard InChI is InChI=1S/C22H16FN7O2/c1-12-21(28-29-30(12)11-14-4-2-13(10-24)3-5-14)27-22(32)17-9-19(20(25)31)26-18-8-15(23)6-7-16(17)18/h2-9H,11H2,1H3,(H2,25,31)(H,27,32). The molecule has 0 saturated heterocycles. The lowest BCUT2D eigenvalue weighted by Crippen LogP contribution is -2.18. The summed E-state index contributed by atoms with van der Waals surface area (Å²) in [6, 6.07) is 14.1. The highest BCUT2D eigenvalue weighted by Gasteiger charge is 2.19. The normalized spacial score (nSPS) is 10.7. The van der Waals surface area contributed by atoms with Gasteiger partial charge in [0.2, 0.25) is 0 Å². The summed E-state index contributed by atoms with van der Waals surface area (Å²) in [5.41, 5.74) is 7.45. The smallest absolute Gasteiger partial charge is 0.267 e. The molecule has 3 N–H and O–H groups in total. The zero-order valence-electron chi connectivity index (χ0n) is 16.8. The molecule has 0 aliphatic heterocycles. The summed E-state index contributed by atoms with van der Waals surface area (Å²) in [7, 11) is 0. The van der Waals surface area contributed by atoms with Crippen LogP contribution in [0.1, 0.15) is 37.7 Å². The van der Waals surface area contributed by atoms with E-state index in [0.29, 0.717) is 23.2 Å². The van der Waals surface area contributed by atoms with Crippen LogP contribution in [0.2, 0.25) is 0 Å². The lowest BCUT2D eigenvalue weighted by atomic mass is 10.1. The maximum Gasteiger partial charge on any atom is 0.267 e. The van der Waals surface area contributed by atoms with Gasteiger partial charge in [-0.3, -0.25) is 9.59 Å². The number of carbonyl (C=O) groups is 2. The van der Waals surface area contributed by atoms with E-state index in [9.17, 15) is 14.0 Å². The summed E-state index contributed by atoms with van der Waals surface area (Å²) >= 11 is 0. The van der Waals surface area contributed by atoms with E-state index < -0.39 is 17.6 Å². The largest absolute Gasteiger partial charge is 0.364 e. The Balaban J connectivity index is 1.62. The van der Waals surface area contributed by atoms with Gasteiger partial charge in [0.1, 0.15) is 11.5 Å². The van der Waals surface area contributed by atoms with E-state index >= 15 is 0 Å². The molecule has 0 aliphatic carbocycles. The Kier molecular flexibility index (Phi) is 5.30. The van der Waals surface area contributed by atoms with Gasteiger partial charge in [-0.25, -0.2) is 14.1 Å². The highest BCUT2D eigenvalue weighted by molar-refractivity contribution is 6.13. The predicted molar refractivity (Wildman–Crippen MR) is 113 cm³/mol. The summed E-state index contributed by atoms with van der Waals surface area (Å²) < 4.78 is 15.2. The second-order valence-electron chi connectivity index (χ2n) is 7.02. The maximum atomic E-state index is 13.6. The third-order valence-corrected chi connectivity index (χ3v) is 4.90. The van der Waals surface area contributed by atoms with Gasteiger partial charge in [0.05, 0.1) is 35.0 Å². The van der Waals surface area contributed by atoms with E-state index in [-0.39, 0.29) is 22.6 Å². The molecule has 2 aromatic carbocycles. The Morgan fingerprint density at radius 2 is 1.94 bits per heavy atom. The Labute approximate surface area is 181 Å². The van der Waals surface area contributed by atoms with E-state index in [1.165, 1.54) is 18.2 Å². The Morgan fingerprint density at radius 1 is 1.19 bits per heavy atom. The lowest BCUT2D eigenvalue weighted by Gasteiger charge is -2.09. The molecular formula is C22H16FN7O2. The molecule has 0 fully saturated rings. The van der Waals surface area contributed by atoms with Crippen molar-refractivity contribution in [1.29, 1.82) is 5.26 Å². The summed E-state index contributed by atoms with van der Waals surface area (Å²) in [5, 5.41) is 20.0. The predicted octanol–water partition coefficient (Wildman–Crippen LogP) is 2.55. The minimum absolute atomic E-state index is 0.102. The summed E-state index contributed by atoms with van der Waals surface area (Å²) in [4.78, 5) is 28.6. The van der Waals surface area contributed by atoms with Crippen molar-refractivity contribution in [3.63, 3.8) is 0 Å². The first-order valence-electron chi connectivity index (χ1n) is 9.46. The number of fused-ring (bicyclic) bond motifs is 1. The van der Waals surface area contributed by atoms with Crippen molar-refractivity contribution >= 4 is 28.5 Å². The number of nitriles is 1. The van der Waals surface area contributed by atoms with Gasteiger partial charge in [0.15, 0.2) is 5.82 Å². The molecule has 10 heteroatoms. The van der Waals surface area contributed by atoms with Gasteiger partial charge in [0, 0.05) is 11.5 Å². The Bertz CT molecular complexity index is 1400. The fourth-order valence-corrected chi connectivity index (χ4v) is 3.17. The molecule has 0 atom stereocenters. The maximum absolute atomic E-state index is 13.6. The van der Waals surface area contributed by atoms with Crippen molar-refractivity contribution in [2.45, 2.75) is 13.5 Å². The summed E-state index contributed by atoms with van der Waals surface area (Å²) in [5.74, 6) is -1.73. The van der Waals surface area contributed by atoms with Crippen LogP contribution in [0.4, 0.5) is 10.2 Å². The first-order chi connectivity index (χ1) is 15.4. The van der Waals surface area contributed by atoms with Gasteiger partial charge >= 0.3 is 0 Å². The number of carbonyl (C=O) groups excluding carboxylic acids is 2. The molecule has 0 unspecified atom stereocenters. The number of aromatic nitrogens is 4. The van der Waals surface area contributed by atoms with Crippen LogP contribution in [0.15, 0.2) is 48.5 Å². The number of nitrogens with two attached hydrogens (primary N) is 1. The quantitative estimate of drug-likeness (QED) is 0.500. The van der Waals surface area contributed by atoms with Crippen LogP contribution in [0.5, 0.6) is 0 Å². The van der Waals surface area contributed by atoms with Crippen molar-refractivity contribution in [1.82, 2.24) is 20.0 Å². The molecule has 0 bridgehead atoms. The van der Waals surface area contributed by atoms with Crippen molar-refractivity contribution in [2.24, 2.45) is 5.73 Å². The number of rotatable bonds is 5. The molecule has 158 valence electrons. The second-order valence-corrected chi connectivity index (χ2v) is 7.02. The minimum atomic E-state index is -0.838. The van der Waals surface area contributed by atoms with Crippen LogP contribution in [-0.4, -0.2) is 31.8 Å². The average molecular weight is 429 g/mol. The van der Waals surface area contributed by atoms with Gasteiger partial charge in [-0.1, -0.05) is 17.3 Å². The third-order valence-electron chi connectivity index (χ3n) is 4.90. The Hall–Kier alpha value is -4.65. The van der Waals surface area contributed by atoms with Crippen molar-refractivity contribution in [3.8, 4) is 6.07 Å². The molecule has 0 spiro atoms. The molecule has 9 nitrogen and oxygen atoms in total. The second kappa shape index (κ2) is 8.23. The van der Waals surface area contributed by atoms with Crippen LogP contribution in [-0.2, 0) is 6.54 Å². The minimum Gasteiger partial charge on any atom is -0.364 e. The molecule has 0 saturated carbocycles. The van der Waals surface area contributed by atoms with Gasteiger partial charge in [-0.2, -0.15) is 5.26 Å². The topological polar surface area (TPSA) is 140 Å². The van der Waals surface area contributed by atoms with Crippen LogP contribution >= 0.6 is 0 Å². The molecule has 2 aromatic heterocycles. The van der Waals surface area contributed by atoms with Gasteiger partial charge in [-0.05, 0) is 42.8 Å². The highest BCUT2D eigenvalue weighted by atomic mass is 19.1.